The van der Waals surface area contributed by atoms with Gasteiger partial charge in [-0.3, -0.25) is 9.59 Å². The maximum atomic E-state index is 12.8. The van der Waals surface area contributed by atoms with Crippen molar-refractivity contribution in [1.29, 1.82) is 0 Å². The van der Waals surface area contributed by atoms with Gasteiger partial charge in [0.05, 0.1) is 12.6 Å². The lowest BCUT2D eigenvalue weighted by molar-refractivity contribution is -0.149. The highest BCUT2D eigenvalue weighted by Crippen LogP contribution is 2.20. The predicted octanol–water partition coefficient (Wildman–Crippen LogP) is -1.58. The van der Waals surface area contributed by atoms with Gasteiger partial charge in [-0.1, -0.05) is 12.1 Å². The fraction of sp³-hybridized carbons (Fsp3) is 0.438. The summed E-state index contributed by atoms with van der Waals surface area (Å²) in [6.07, 6.45) is -0.883. The van der Waals surface area contributed by atoms with E-state index in [-0.39, 0.29) is 31.7 Å². The number of phenols is 1. The highest BCUT2D eigenvalue weighted by Gasteiger charge is 2.41. The number of rotatable bonds is 6. The Hall–Kier alpha value is -2.65. The Labute approximate surface area is 144 Å². The number of carbonyl (C=O) groups excluding carboxylic acids is 2. The van der Waals surface area contributed by atoms with E-state index in [1.807, 2.05) is 0 Å². The quantitative estimate of drug-likeness (QED) is 0.415. The van der Waals surface area contributed by atoms with Gasteiger partial charge in [0, 0.05) is 19.4 Å². The molecular formula is C16H21N3O6. The van der Waals surface area contributed by atoms with Crippen molar-refractivity contribution in [2.24, 2.45) is 5.73 Å². The second-order valence-electron chi connectivity index (χ2n) is 5.93. The number of nitrogens with two attached hydrogens (primary N) is 1. The van der Waals surface area contributed by atoms with E-state index < -0.39 is 36.0 Å². The summed E-state index contributed by atoms with van der Waals surface area (Å²) in [6.45, 7) is -0.426. The molecule has 25 heavy (non-hydrogen) atoms. The van der Waals surface area contributed by atoms with Crippen LogP contribution in [-0.2, 0) is 20.8 Å². The molecular weight excluding hydrogens is 330 g/mol. The number of nitrogens with zero attached hydrogens (tertiary/aromatic N) is 1. The molecule has 0 spiro atoms. The smallest absolute Gasteiger partial charge is 0.326 e. The molecule has 1 aromatic rings. The third-order valence-electron chi connectivity index (χ3n) is 4.04. The molecule has 136 valence electrons. The van der Waals surface area contributed by atoms with Crippen LogP contribution in [0.15, 0.2) is 24.3 Å². The number of hydrogen-bond donors (Lipinski definition) is 5. The Morgan fingerprint density at radius 2 is 1.92 bits per heavy atom. The third kappa shape index (κ3) is 4.68. The number of nitrogens with one attached hydrogen (secondary N) is 1. The summed E-state index contributed by atoms with van der Waals surface area (Å²) in [5, 5.41) is 30.8. The highest BCUT2D eigenvalue weighted by atomic mass is 16.4. The first-order chi connectivity index (χ1) is 11.8. The van der Waals surface area contributed by atoms with Crippen molar-refractivity contribution in [2.45, 2.75) is 31.0 Å². The fourth-order valence-corrected chi connectivity index (χ4v) is 2.81. The SMILES string of the molecule is NCC(=O)N[C@@H](Cc1ccc(O)cc1)C(=O)N1C[C@H](O)C[C@H]1C(=O)O. The Morgan fingerprint density at radius 1 is 1.28 bits per heavy atom. The maximum Gasteiger partial charge on any atom is 0.326 e. The summed E-state index contributed by atoms with van der Waals surface area (Å²) in [4.78, 5) is 36.8. The minimum absolute atomic E-state index is 0.0577. The number of benzene rings is 1. The number of carboxylic acids is 1. The van der Waals surface area contributed by atoms with E-state index in [1.54, 1.807) is 12.1 Å². The lowest BCUT2D eigenvalue weighted by atomic mass is 10.0. The Morgan fingerprint density at radius 3 is 2.48 bits per heavy atom. The molecule has 1 aliphatic heterocycles. The van der Waals surface area contributed by atoms with Crippen molar-refractivity contribution in [1.82, 2.24) is 10.2 Å². The molecule has 1 aliphatic rings. The number of hydrogen-bond acceptors (Lipinski definition) is 6. The first kappa shape index (κ1) is 18.7. The van der Waals surface area contributed by atoms with Crippen LogP contribution < -0.4 is 11.1 Å². The van der Waals surface area contributed by atoms with Gasteiger partial charge in [0.25, 0.3) is 0 Å². The van der Waals surface area contributed by atoms with Gasteiger partial charge in [0.15, 0.2) is 0 Å². The molecule has 1 saturated heterocycles. The highest BCUT2D eigenvalue weighted by molar-refractivity contribution is 5.91. The number of aliphatic hydroxyl groups excluding tert-OH is 1. The van der Waals surface area contributed by atoms with Crippen LogP contribution in [0.4, 0.5) is 0 Å². The number of carbonyl (C=O) groups is 3. The van der Waals surface area contributed by atoms with Crippen LogP contribution in [0.3, 0.4) is 0 Å². The van der Waals surface area contributed by atoms with Crippen LogP contribution >= 0.6 is 0 Å². The minimum atomic E-state index is -1.21. The van der Waals surface area contributed by atoms with Crippen LogP contribution in [0.5, 0.6) is 5.75 Å². The van der Waals surface area contributed by atoms with Gasteiger partial charge in [-0.25, -0.2) is 4.79 Å². The van der Waals surface area contributed by atoms with Gasteiger partial charge in [0.2, 0.25) is 11.8 Å². The van der Waals surface area contributed by atoms with Crippen molar-refractivity contribution in [3.63, 3.8) is 0 Å². The first-order valence-electron chi connectivity index (χ1n) is 7.80. The summed E-state index contributed by atoms with van der Waals surface area (Å²) in [6, 6.07) is 3.92. The van der Waals surface area contributed by atoms with Crippen LogP contribution in [0.2, 0.25) is 0 Å². The second kappa shape index (κ2) is 7.95. The van der Waals surface area contributed by atoms with Crippen molar-refractivity contribution in [3.05, 3.63) is 29.8 Å². The van der Waals surface area contributed by atoms with E-state index in [0.717, 1.165) is 4.90 Å². The van der Waals surface area contributed by atoms with Crippen molar-refractivity contribution >= 4 is 17.8 Å². The van der Waals surface area contributed by atoms with Gasteiger partial charge in [-0.15, -0.1) is 0 Å². The van der Waals surface area contributed by atoms with E-state index in [2.05, 4.69) is 5.32 Å². The van der Waals surface area contributed by atoms with E-state index in [9.17, 15) is 29.7 Å². The molecule has 1 aromatic carbocycles. The zero-order valence-corrected chi connectivity index (χ0v) is 13.5. The predicted molar refractivity (Wildman–Crippen MR) is 86.6 cm³/mol. The Kier molecular flexibility index (Phi) is 5.94. The largest absolute Gasteiger partial charge is 0.508 e. The molecule has 0 aliphatic carbocycles. The number of β-amino-alcohol motifs (C(OH)–C–C–N with tert-alkyl or cyclic N) is 1. The number of phenolic OH excluding ortho intramolecular Hbond substituents is 1. The standard InChI is InChI=1S/C16H21N3O6/c17-7-14(22)18-12(5-9-1-3-10(20)4-2-9)15(23)19-8-11(21)6-13(19)16(24)25/h1-4,11-13,20-21H,5-8,17H2,(H,18,22)(H,24,25)/t11-,12+,13+/m1/s1. The molecule has 0 saturated carbocycles. The number of amides is 2. The monoisotopic (exact) mass is 351 g/mol. The molecule has 0 radical (unpaired) electrons. The number of aliphatic hydroxyl groups is 1. The summed E-state index contributed by atoms with van der Waals surface area (Å²) >= 11 is 0. The van der Waals surface area contributed by atoms with Crippen molar-refractivity contribution in [3.8, 4) is 5.75 Å². The van der Waals surface area contributed by atoms with E-state index in [1.165, 1.54) is 12.1 Å². The lowest BCUT2D eigenvalue weighted by Gasteiger charge is -2.27. The molecule has 0 aromatic heterocycles. The van der Waals surface area contributed by atoms with E-state index in [4.69, 9.17) is 5.73 Å². The number of carboxylic acid groups (broad SMARTS) is 1. The second-order valence-corrected chi connectivity index (χ2v) is 5.93. The average molecular weight is 351 g/mol. The van der Waals surface area contributed by atoms with Crippen molar-refractivity contribution < 1.29 is 29.7 Å². The van der Waals surface area contributed by atoms with Gasteiger partial charge < -0.3 is 31.3 Å². The fourth-order valence-electron chi connectivity index (χ4n) is 2.81. The van der Waals surface area contributed by atoms with Gasteiger partial charge >= 0.3 is 5.97 Å². The van der Waals surface area contributed by atoms with E-state index >= 15 is 0 Å². The first-order valence-corrected chi connectivity index (χ1v) is 7.80. The number of likely N-dealkylation sites (tertiary alicyclic amines) is 1. The molecule has 2 amide bonds. The normalized spacial score (nSPS) is 21.0. The Bertz CT molecular complexity index is 648. The van der Waals surface area contributed by atoms with E-state index in [0.29, 0.717) is 5.56 Å². The molecule has 6 N–H and O–H groups in total. The topological polar surface area (TPSA) is 153 Å². The van der Waals surface area contributed by atoms with Gasteiger partial charge in [-0.2, -0.15) is 0 Å². The summed E-state index contributed by atoms with van der Waals surface area (Å²) in [5.74, 6) is -2.30. The van der Waals surface area contributed by atoms with Crippen LogP contribution in [-0.4, -0.2) is 69.3 Å². The van der Waals surface area contributed by atoms with Crippen LogP contribution in [0.1, 0.15) is 12.0 Å². The zero-order valence-electron chi connectivity index (χ0n) is 13.5. The average Bonchev–Trinajstić information content (AvgIpc) is 2.97. The summed E-state index contributed by atoms with van der Waals surface area (Å²) < 4.78 is 0. The Balaban J connectivity index is 2.21. The van der Waals surface area contributed by atoms with Crippen LogP contribution in [0.25, 0.3) is 0 Å². The molecule has 1 heterocycles. The summed E-state index contributed by atoms with van der Waals surface area (Å²) in [7, 11) is 0. The van der Waals surface area contributed by atoms with Crippen molar-refractivity contribution in [2.75, 3.05) is 13.1 Å². The summed E-state index contributed by atoms with van der Waals surface area (Å²) in [5.41, 5.74) is 5.95. The molecule has 1 fully saturated rings. The minimum Gasteiger partial charge on any atom is -0.508 e. The molecule has 2 rings (SSSR count). The third-order valence-corrected chi connectivity index (χ3v) is 4.04. The molecule has 3 atom stereocenters. The maximum absolute atomic E-state index is 12.8. The molecule has 0 bridgehead atoms. The molecule has 9 nitrogen and oxygen atoms in total. The molecule has 0 unspecified atom stereocenters. The number of aliphatic carboxylic acids is 1. The van der Waals surface area contributed by atoms with Gasteiger partial charge in [0.1, 0.15) is 17.8 Å². The van der Waals surface area contributed by atoms with Crippen LogP contribution in [0, 0.1) is 0 Å². The zero-order chi connectivity index (χ0) is 18.6. The van der Waals surface area contributed by atoms with Gasteiger partial charge in [-0.05, 0) is 17.7 Å². The molecule has 9 heteroatoms. The lowest BCUT2D eigenvalue weighted by Crippen LogP contribution is -2.53. The number of aromatic hydroxyl groups is 1.